The van der Waals surface area contributed by atoms with Crippen molar-refractivity contribution in [3.8, 4) is 0 Å². The van der Waals surface area contributed by atoms with Crippen LogP contribution in [0.25, 0.3) is 11.0 Å². The summed E-state index contributed by atoms with van der Waals surface area (Å²) in [5.41, 5.74) is 4.08. The lowest BCUT2D eigenvalue weighted by Gasteiger charge is -2.34. The van der Waals surface area contributed by atoms with Crippen molar-refractivity contribution in [2.75, 3.05) is 31.1 Å². The van der Waals surface area contributed by atoms with Gasteiger partial charge in [-0.05, 0) is 56.4 Å². The second-order valence-electron chi connectivity index (χ2n) is 8.25. The Labute approximate surface area is 171 Å². The van der Waals surface area contributed by atoms with Gasteiger partial charge in [-0.2, -0.15) is 0 Å². The van der Waals surface area contributed by atoms with Crippen molar-refractivity contribution in [2.24, 2.45) is 0 Å². The molecule has 2 aromatic heterocycles. The van der Waals surface area contributed by atoms with Crippen LogP contribution < -0.4 is 4.90 Å². The van der Waals surface area contributed by atoms with E-state index in [4.69, 9.17) is 4.98 Å². The Bertz CT molecular complexity index is 1040. The predicted molar refractivity (Wildman–Crippen MR) is 114 cm³/mol. The third kappa shape index (κ3) is 3.37. The van der Waals surface area contributed by atoms with Crippen LogP contribution in [0.4, 0.5) is 5.82 Å². The molecule has 3 aromatic rings. The molecular formula is C23H27N5O. The van der Waals surface area contributed by atoms with Gasteiger partial charge in [0.05, 0.1) is 16.6 Å². The van der Waals surface area contributed by atoms with Gasteiger partial charge in [-0.3, -0.25) is 4.79 Å². The number of amides is 1. The molecule has 1 amide bonds. The van der Waals surface area contributed by atoms with Crippen LogP contribution >= 0.6 is 0 Å². The summed E-state index contributed by atoms with van der Waals surface area (Å²) in [5, 5.41) is 0. The van der Waals surface area contributed by atoms with Crippen molar-refractivity contribution in [1.82, 2.24) is 19.9 Å². The molecule has 4 heterocycles. The van der Waals surface area contributed by atoms with Crippen molar-refractivity contribution in [3.63, 3.8) is 0 Å². The highest BCUT2D eigenvalue weighted by molar-refractivity contribution is 5.99. The van der Waals surface area contributed by atoms with Gasteiger partial charge in [0.15, 0.2) is 0 Å². The summed E-state index contributed by atoms with van der Waals surface area (Å²) < 4.78 is 0. The van der Waals surface area contributed by atoms with Crippen LogP contribution in [0.1, 0.15) is 53.3 Å². The number of hydrogen-bond donors (Lipinski definition) is 1. The van der Waals surface area contributed by atoms with Crippen LogP contribution in [0.3, 0.4) is 0 Å². The number of nitrogens with one attached hydrogen (secondary N) is 1. The van der Waals surface area contributed by atoms with E-state index in [1.165, 1.54) is 5.56 Å². The molecule has 1 N–H and O–H groups in total. The zero-order valence-electron chi connectivity index (χ0n) is 16.9. The van der Waals surface area contributed by atoms with Crippen LogP contribution in [0.15, 0.2) is 36.5 Å². The molecule has 2 fully saturated rings. The third-order valence-electron chi connectivity index (χ3n) is 6.25. The average Bonchev–Trinajstić information content (AvgIpc) is 3.44. The summed E-state index contributed by atoms with van der Waals surface area (Å²) in [6.45, 7) is 5.57. The minimum absolute atomic E-state index is 0.118. The molecule has 0 aliphatic carbocycles. The number of carbonyl (C=O) groups is 1. The maximum atomic E-state index is 13.1. The first-order chi connectivity index (χ1) is 14.2. The van der Waals surface area contributed by atoms with Crippen molar-refractivity contribution < 1.29 is 4.79 Å². The molecule has 29 heavy (non-hydrogen) atoms. The smallest absolute Gasteiger partial charge is 0.257 e. The van der Waals surface area contributed by atoms with Crippen LogP contribution in [-0.4, -0.2) is 51.9 Å². The molecular weight excluding hydrogens is 362 g/mol. The zero-order valence-corrected chi connectivity index (χ0v) is 16.9. The monoisotopic (exact) mass is 389 g/mol. The average molecular weight is 390 g/mol. The van der Waals surface area contributed by atoms with E-state index in [1.807, 2.05) is 17.0 Å². The van der Waals surface area contributed by atoms with Crippen LogP contribution in [0.5, 0.6) is 0 Å². The van der Waals surface area contributed by atoms with E-state index in [0.717, 1.165) is 80.1 Å². The molecule has 2 aliphatic heterocycles. The van der Waals surface area contributed by atoms with Crippen molar-refractivity contribution in [2.45, 2.75) is 38.5 Å². The molecule has 0 spiro atoms. The number of aromatic nitrogens is 3. The Hall–Kier alpha value is -2.89. The van der Waals surface area contributed by atoms with Gasteiger partial charge < -0.3 is 14.8 Å². The number of para-hydroxylation sites is 1. The Balaban J connectivity index is 1.42. The Morgan fingerprint density at radius 2 is 1.97 bits per heavy atom. The van der Waals surface area contributed by atoms with Crippen molar-refractivity contribution in [1.29, 1.82) is 0 Å². The fourth-order valence-electron chi connectivity index (χ4n) is 4.69. The first-order valence-corrected chi connectivity index (χ1v) is 10.6. The minimum Gasteiger partial charge on any atom is -0.355 e. The molecule has 0 saturated carbocycles. The van der Waals surface area contributed by atoms with E-state index in [0.29, 0.717) is 5.92 Å². The minimum atomic E-state index is 0.118. The van der Waals surface area contributed by atoms with Crippen LogP contribution in [0, 0.1) is 6.92 Å². The molecule has 6 nitrogen and oxygen atoms in total. The number of likely N-dealkylation sites (tertiary alicyclic amines) is 1. The first-order valence-electron chi connectivity index (χ1n) is 10.6. The van der Waals surface area contributed by atoms with Gasteiger partial charge in [-0.25, -0.2) is 9.97 Å². The molecule has 1 atom stereocenters. The topological polar surface area (TPSA) is 65.1 Å². The van der Waals surface area contributed by atoms with Crippen LogP contribution in [0.2, 0.25) is 0 Å². The second-order valence-corrected chi connectivity index (χ2v) is 8.25. The standard InChI is InChI=1S/C23H27N5O/c1-16-7-4-10-19-20(16)26-21(25-19)17-8-6-14-28(15-17)22-18(9-5-11-24-22)23(29)27-12-2-3-13-27/h4-5,7,9-11,17H,2-3,6,8,12-15H2,1H3,(H,25,26). The molecule has 2 saturated heterocycles. The van der Waals surface area contributed by atoms with Gasteiger partial charge in [0.1, 0.15) is 11.6 Å². The summed E-state index contributed by atoms with van der Waals surface area (Å²) in [5.74, 6) is 2.29. The van der Waals surface area contributed by atoms with E-state index < -0.39 is 0 Å². The summed E-state index contributed by atoms with van der Waals surface area (Å²) in [6, 6.07) is 10.1. The number of aromatic amines is 1. The highest BCUT2D eigenvalue weighted by Gasteiger charge is 2.29. The molecule has 0 bridgehead atoms. The highest BCUT2D eigenvalue weighted by atomic mass is 16.2. The number of nitrogens with zero attached hydrogens (tertiary/aromatic N) is 4. The Morgan fingerprint density at radius 3 is 2.79 bits per heavy atom. The summed E-state index contributed by atoms with van der Waals surface area (Å²) in [7, 11) is 0. The fourth-order valence-corrected chi connectivity index (χ4v) is 4.69. The number of aryl methyl sites for hydroxylation is 1. The number of fused-ring (bicyclic) bond motifs is 1. The lowest BCUT2D eigenvalue weighted by atomic mass is 9.97. The van der Waals surface area contributed by atoms with Gasteiger partial charge >= 0.3 is 0 Å². The number of anilines is 1. The van der Waals surface area contributed by atoms with Crippen molar-refractivity contribution in [3.05, 3.63) is 53.5 Å². The number of benzene rings is 1. The van der Waals surface area contributed by atoms with Gasteiger partial charge in [0.2, 0.25) is 0 Å². The normalized spacial score (nSPS) is 19.8. The summed E-state index contributed by atoms with van der Waals surface area (Å²) in [4.78, 5) is 30.4. The Kier molecular flexibility index (Phi) is 4.70. The van der Waals surface area contributed by atoms with Gasteiger partial charge in [-0.15, -0.1) is 0 Å². The molecule has 1 unspecified atom stereocenters. The predicted octanol–water partition coefficient (Wildman–Crippen LogP) is 3.89. The van der Waals surface area contributed by atoms with Gasteiger partial charge in [-0.1, -0.05) is 12.1 Å². The number of rotatable bonds is 3. The maximum absolute atomic E-state index is 13.1. The fraction of sp³-hybridized carbons (Fsp3) is 0.435. The van der Waals surface area contributed by atoms with Crippen LogP contribution in [-0.2, 0) is 0 Å². The number of carbonyl (C=O) groups excluding carboxylic acids is 1. The summed E-state index contributed by atoms with van der Waals surface area (Å²) >= 11 is 0. The van der Waals surface area contributed by atoms with E-state index >= 15 is 0 Å². The first kappa shape index (κ1) is 18.2. The number of pyridine rings is 1. The number of hydrogen-bond acceptors (Lipinski definition) is 4. The molecule has 5 rings (SSSR count). The second kappa shape index (κ2) is 7.50. The van der Waals surface area contributed by atoms with E-state index in [-0.39, 0.29) is 5.91 Å². The van der Waals surface area contributed by atoms with Crippen molar-refractivity contribution >= 4 is 22.8 Å². The highest BCUT2D eigenvalue weighted by Crippen LogP contribution is 2.31. The van der Waals surface area contributed by atoms with E-state index in [2.05, 4.69) is 40.0 Å². The Morgan fingerprint density at radius 1 is 1.10 bits per heavy atom. The number of piperidine rings is 1. The molecule has 1 aromatic carbocycles. The zero-order chi connectivity index (χ0) is 19.8. The molecule has 6 heteroatoms. The lowest BCUT2D eigenvalue weighted by Crippen LogP contribution is -2.37. The van der Waals surface area contributed by atoms with Gasteiger partial charge in [0.25, 0.3) is 5.91 Å². The molecule has 2 aliphatic rings. The molecule has 150 valence electrons. The largest absolute Gasteiger partial charge is 0.355 e. The third-order valence-corrected chi connectivity index (χ3v) is 6.25. The number of imidazole rings is 1. The molecule has 0 radical (unpaired) electrons. The SMILES string of the molecule is Cc1cccc2[nH]c(C3CCCN(c4ncccc4C(=O)N4CCCC4)C3)nc12. The summed E-state index contributed by atoms with van der Waals surface area (Å²) in [6.07, 6.45) is 6.15. The van der Waals surface area contributed by atoms with E-state index in [9.17, 15) is 4.79 Å². The lowest BCUT2D eigenvalue weighted by molar-refractivity contribution is 0.0793. The quantitative estimate of drug-likeness (QED) is 0.738. The van der Waals surface area contributed by atoms with E-state index in [1.54, 1.807) is 6.20 Å². The maximum Gasteiger partial charge on any atom is 0.257 e. The van der Waals surface area contributed by atoms with Gasteiger partial charge in [0, 0.05) is 38.3 Å². The number of H-pyrrole nitrogens is 1.